The minimum Gasteiger partial charge on any atom is -0.456 e. The van der Waals surface area contributed by atoms with Gasteiger partial charge in [0, 0.05) is 20.0 Å². The molecule has 0 spiro atoms. The molecule has 0 aliphatic carbocycles. The van der Waals surface area contributed by atoms with Crippen molar-refractivity contribution in [2.75, 3.05) is 19.8 Å². The van der Waals surface area contributed by atoms with Crippen molar-refractivity contribution < 1.29 is 28.6 Å². The molecule has 0 aromatic carbocycles. The number of carbonyl (C=O) groups excluding carboxylic acids is 3. The molecule has 0 saturated heterocycles. The lowest BCUT2D eigenvalue weighted by Gasteiger charge is -2.17. The van der Waals surface area contributed by atoms with E-state index in [0.717, 1.165) is 19.8 Å². The van der Waals surface area contributed by atoms with E-state index in [4.69, 9.17) is 14.2 Å². The molecule has 1 atom stereocenters. The fourth-order valence-corrected chi connectivity index (χ4v) is 1.20. The SMILES string of the molecule is CCCCC(=O)OC(COCC)COC(=O)C(C)=O. The summed E-state index contributed by atoms with van der Waals surface area (Å²) >= 11 is 0. The quantitative estimate of drug-likeness (QED) is 0.441. The maximum atomic E-state index is 11.5. The van der Waals surface area contributed by atoms with Gasteiger partial charge in [0.15, 0.2) is 6.10 Å². The van der Waals surface area contributed by atoms with Gasteiger partial charge in [-0.05, 0) is 13.3 Å². The molecule has 110 valence electrons. The lowest BCUT2D eigenvalue weighted by atomic mass is 10.2. The van der Waals surface area contributed by atoms with Crippen LogP contribution in [-0.2, 0) is 28.6 Å². The third kappa shape index (κ3) is 9.18. The van der Waals surface area contributed by atoms with Gasteiger partial charge in [0.25, 0.3) is 0 Å². The average Bonchev–Trinajstić information content (AvgIpc) is 2.38. The van der Waals surface area contributed by atoms with Crippen molar-refractivity contribution in [1.82, 2.24) is 0 Å². The Labute approximate surface area is 113 Å². The minimum absolute atomic E-state index is 0.138. The van der Waals surface area contributed by atoms with Crippen LogP contribution in [0.15, 0.2) is 0 Å². The van der Waals surface area contributed by atoms with Crippen LogP contribution in [0.5, 0.6) is 0 Å². The van der Waals surface area contributed by atoms with E-state index in [1.165, 1.54) is 0 Å². The van der Waals surface area contributed by atoms with Crippen LogP contribution in [0.25, 0.3) is 0 Å². The number of rotatable bonds is 10. The summed E-state index contributed by atoms with van der Waals surface area (Å²) in [7, 11) is 0. The van der Waals surface area contributed by atoms with Crippen molar-refractivity contribution in [2.24, 2.45) is 0 Å². The summed E-state index contributed by atoms with van der Waals surface area (Å²) in [5, 5.41) is 0. The summed E-state index contributed by atoms with van der Waals surface area (Å²) in [6, 6.07) is 0. The molecule has 6 nitrogen and oxygen atoms in total. The highest BCUT2D eigenvalue weighted by Gasteiger charge is 2.18. The summed E-state index contributed by atoms with van der Waals surface area (Å²) in [5.74, 6) is -1.98. The zero-order valence-corrected chi connectivity index (χ0v) is 11.8. The molecule has 19 heavy (non-hydrogen) atoms. The van der Waals surface area contributed by atoms with Crippen LogP contribution < -0.4 is 0 Å². The fraction of sp³-hybridized carbons (Fsp3) is 0.769. The van der Waals surface area contributed by atoms with Gasteiger partial charge in [-0.2, -0.15) is 0 Å². The molecule has 0 aromatic heterocycles. The number of ether oxygens (including phenoxy) is 3. The lowest BCUT2D eigenvalue weighted by Crippen LogP contribution is -2.31. The van der Waals surface area contributed by atoms with E-state index >= 15 is 0 Å². The van der Waals surface area contributed by atoms with Gasteiger partial charge in [0.1, 0.15) is 6.61 Å². The van der Waals surface area contributed by atoms with Crippen molar-refractivity contribution in [1.29, 1.82) is 0 Å². The predicted molar refractivity (Wildman–Crippen MR) is 67.5 cm³/mol. The van der Waals surface area contributed by atoms with Gasteiger partial charge in [-0.25, -0.2) is 4.79 Å². The largest absolute Gasteiger partial charge is 0.456 e. The third-order valence-electron chi connectivity index (χ3n) is 2.23. The van der Waals surface area contributed by atoms with Crippen molar-refractivity contribution >= 4 is 17.7 Å². The highest BCUT2D eigenvalue weighted by Crippen LogP contribution is 2.02. The Morgan fingerprint density at radius 2 is 1.79 bits per heavy atom. The van der Waals surface area contributed by atoms with Crippen LogP contribution >= 0.6 is 0 Å². The summed E-state index contributed by atoms with van der Waals surface area (Å²) in [6.07, 6.45) is 1.28. The maximum absolute atomic E-state index is 11.5. The topological polar surface area (TPSA) is 78.9 Å². The van der Waals surface area contributed by atoms with E-state index in [1.54, 1.807) is 6.92 Å². The van der Waals surface area contributed by atoms with E-state index in [9.17, 15) is 14.4 Å². The Kier molecular flexibility index (Phi) is 9.70. The molecule has 0 N–H and O–H groups in total. The second-order valence-corrected chi connectivity index (χ2v) is 4.03. The zero-order valence-electron chi connectivity index (χ0n) is 11.8. The molecule has 0 aromatic rings. The highest BCUT2D eigenvalue weighted by molar-refractivity contribution is 6.32. The third-order valence-corrected chi connectivity index (χ3v) is 2.23. The molecule has 0 radical (unpaired) electrons. The van der Waals surface area contributed by atoms with E-state index in [-0.39, 0.29) is 19.2 Å². The number of hydrogen-bond acceptors (Lipinski definition) is 6. The normalized spacial score (nSPS) is 11.7. The molecular weight excluding hydrogens is 252 g/mol. The number of hydrogen-bond donors (Lipinski definition) is 0. The molecule has 0 aliphatic heterocycles. The second kappa shape index (κ2) is 10.5. The highest BCUT2D eigenvalue weighted by atomic mass is 16.6. The van der Waals surface area contributed by atoms with Crippen molar-refractivity contribution in [2.45, 2.75) is 46.1 Å². The Hall–Kier alpha value is -1.43. The first-order valence-electron chi connectivity index (χ1n) is 6.46. The molecule has 0 heterocycles. The number of carbonyl (C=O) groups is 3. The number of esters is 2. The maximum Gasteiger partial charge on any atom is 0.374 e. The molecule has 0 rings (SSSR count). The molecule has 1 unspecified atom stereocenters. The average molecular weight is 274 g/mol. The van der Waals surface area contributed by atoms with Gasteiger partial charge >= 0.3 is 11.9 Å². The van der Waals surface area contributed by atoms with Crippen molar-refractivity contribution in [3.8, 4) is 0 Å². The van der Waals surface area contributed by atoms with Crippen LogP contribution in [-0.4, -0.2) is 43.6 Å². The standard InChI is InChI=1S/C13H22O6/c1-4-6-7-12(15)19-11(8-17-5-2)9-18-13(16)10(3)14/h11H,4-9H2,1-3H3. The second-order valence-electron chi connectivity index (χ2n) is 4.03. The van der Waals surface area contributed by atoms with Crippen LogP contribution in [0.4, 0.5) is 0 Å². The molecular formula is C13H22O6. The van der Waals surface area contributed by atoms with E-state index in [0.29, 0.717) is 13.0 Å². The minimum atomic E-state index is -0.939. The Morgan fingerprint density at radius 1 is 1.11 bits per heavy atom. The molecule has 0 aliphatic rings. The van der Waals surface area contributed by atoms with Crippen LogP contribution in [0, 0.1) is 0 Å². The number of Topliss-reactive ketones (excluding diaryl/α,β-unsaturated/α-hetero) is 1. The summed E-state index contributed by atoms with van der Waals surface area (Å²) in [6.45, 7) is 5.32. The fourth-order valence-electron chi connectivity index (χ4n) is 1.20. The van der Waals surface area contributed by atoms with Gasteiger partial charge in [0.05, 0.1) is 6.61 Å². The molecule has 0 saturated carbocycles. The zero-order chi connectivity index (χ0) is 14.7. The van der Waals surface area contributed by atoms with E-state index in [1.807, 2.05) is 6.92 Å². The molecule has 0 bridgehead atoms. The first-order valence-corrected chi connectivity index (χ1v) is 6.46. The van der Waals surface area contributed by atoms with Gasteiger partial charge in [-0.1, -0.05) is 13.3 Å². The smallest absolute Gasteiger partial charge is 0.374 e. The van der Waals surface area contributed by atoms with Crippen molar-refractivity contribution in [3.63, 3.8) is 0 Å². The first kappa shape index (κ1) is 17.6. The van der Waals surface area contributed by atoms with Crippen molar-refractivity contribution in [3.05, 3.63) is 0 Å². The lowest BCUT2D eigenvalue weighted by molar-refractivity contribution is -0.164. The number of unbranched alkanes of at least 4 members (excludes halogenated alkanes) is 1. The van der Waals surface area contributed by atoms with E-state index in [2.05, 4.69) is 0 Å². The van der Waals surface area contributed by atoms with Crippen LogP contribution in [0.3, 0.4) is 0 Å². The van der Waals surface area contributed by atoms with Gasteiger partial charge in [0.2, 0.25) is 5.78 Å². The Balaban J connectivity index is 4.17. The van der Waals surface area contributed by atoms with Crippen LogP contribution in [0.1, 0.15) is 40.0 Å². The first-order chi connectivity index (χ1) is 9.01. The van der Waals surface area contributed by atoms with Crippen LogP contribution in [0.2, 0.25) is 0 Å². The Morgan fingerprint density at radius 3 is 2.32 bits per heavy atom. The van der Waals surface area contributed by atoms with Gasteiger partial charge < -0.3 is 14.2 Å². The van der Waals surface area contributed by atoms with E-state index < -0.39 is 17.9 Å². The van der Waals surface area contributed by atoms with Gasteiger partial charge in [-0.15, -0.1) is 0 Å². The summed E-state index contributed by atoms with van der Waals surface area (Å²) in [5.41, 5.74) is 0. The molecule has 0 fully saturated rings. The number of ketones is 1. The van der Waals surface area contributed by atoms with Gasteiger partial charge in [-0.3, -0.25) is 9.59 Å². The summed E-state index contributed by atoms with van der Waals surface area (Å²) < 4.78 is 15.0. The molecule has 0 amide bonds. The predicted octanol–water partition coefficient (Wildman–Crippen LogP) is 1.26. The summed E-state index contributed by atoms with van der Waals surface area (Å²) in [4.78, 5) is 33.2. The Bertz CT molecular complexity index is 300. The molecule has 6 heteroatoms. The monoisotopic (exact) mass is 274 g/mol.